The van der Waals surface area contributed by atoms with Crippen LogP contribution in [0.25, 0.3) is 6.08 Å². The molecule has 0 saturated heterocycles. The van der Waals surface area contributed by atoms with Crippen LogP contribution in [0.15, 0.2) is 30.3 Å². The fourth-order valence-electron chi connectivity index (χ4n) is 3.25. The van der Waals surface area contributed by atoms with Crippen LogP contribution in [-0.2, 0) is 19.1 Å². The number of halogens is 3. The second-order valence-electron chi connectivity index (χ2n) is 9.12. The zero-order valence-electron chi connectivity index (χ0n) is 20.7. The van der Waals surface area contributed by atoms with Crippen LogP contribution >= 0.6 is 0 Å². The number of unbranched alkanes of at least 4 members (excludes halogenated alkanes) is 3. The first-order valence-corrected chi connectivity index (χ1v) is 11.7. The third kappa shape index (κ3) is 10.6. The second-order valence-corrected chi connectivity index (χ2v) is 9.12. The van der Waals surface area contributed by atoms with Crippen molar-refractivity contribution in [1.29, 1.82) is 0 Å². The number of hydrogen-bond donors (Lipinski definition) is 0. The van der Waals surface area contributed by atoms with Crippen molar-refractivity contribution in [3.05, 3.63) is 35.9 Å². The van der Waals surface area contributed by atoms with Gasteiger partial charge in [-0.3, -0.25) is 4.79 Å². The molecule has 34 heavy (non-hydrogen) atoms. The fourth-order valence-corrected chi connectivity index (χ4v) is 3.25. The molecule has 8 heteroatoms. The van der Waals surface area contributed by atoms with Gasteiger partial charge in [-0.15, -0.1) is 0 Å². The van der Waals surface area contributed by atoms with Crippen LogP contribution < -0.4 is 4.74 Å². The predicted molar refractivity (Wildman–Crippen MR) is 125 cm³/mol. The molecule has 0 unspecified atom stereocenters. The number of alkyl halides is 3. The average molecular weight is 487 g/mol. The minimum atomic E-state index is -4.54. The molecule has 0 aliphatic carbocycles. The minimum Gasteiger partial charge on any atom is -0.494 e. The van der Waals surface area contributed by atoms with Crippen LogP contribution in [-0.4, -0.2) is 37.9 Å². The van der Waals surface area contributed by atoms with Gasteiger partial charge in [0.05, 0.1) is 18.6 Å². The maximum Gasteiger partial charge on any atom is 0.422 e. The highest BCUT2D eigenvalue weighted by Gasteiger charge is 2.41. The Kier molecular flexibility index (Phi) is 12.2. The van der Waals surface area contributed by atoms with Crippen LogP contribution in [0.4, 0.5) is 13.2 Å². The summed E-state index contributed by atoms with van der Waals surface area (Å²) in [5, 5.41) is 0. The maximum absolute atomic E-state index is 12.5. The van der Waals surface area contributed by atoms with Crippen molar-refractivity contribution in [1.82, 2.24) is 0 Å². The molecule has 5 nitrogen and oxygen atoms in total. The summed E-state index contributed by atoms with van der Waals surface area (Å²) < 4.78 is 51.3. The molecule has 0 aliphatic rings. The lowest BCUT2D eigenvalue weighted by atomic mass is 9.70. The van der Waals surface area contributed by atoms with Gasteiger partial charge in [0.25, 0.3) is 0 Å². The molecular formula is C26H37F3O5. The minimum absolute atomic E-state index is 0.127. The Bertz CT molecular complexity index is 775. The number of benzene rings is 1. The molecule has 0 heterocycles. The lowest BCUT2D eigenvalue weighted by Crippen LogP contribution is -2.39. The summed E-state index contributed by atoms with van der Waals surface area (Å²) in [4.78, 5) is 23.8. The van der Waals surface area contributed by atoms with Crippen molar-refractivity contribution in [2.45, 2.75) is 66.5 Å². The predicted octanol–water partition coefficient (Wildman–Crippen LogP) is 6.61. The Labute approximate surface area is 200 Å². The van der Waals surface area contributed by atoms with Crippen LogP contribution in [0, 0.1) is 17.3 Å². The summed E-state index contributed by atoms with van der Waals surface area (Å²) in [7, 11) is 0. The molecule has 0 radical (unpaired) electrons. The number of hydrogen-bond acceptors (Lipinski definition) is 5. The van der Waals surface area contributed by atoms with Gasteiger partial charge in [0.2, 0.25) is 0 Å². The van der Waals surface area contributed by atoms with Crippen LogP contribution in [0.2, 0.25) is 0 Å². The third-order valence-corrected chi connectivity index (χ3v) is 6.05. The van der Waals surface area contributed by atoms with Crippen molar-refractivity contribution in [3.8, 4) is 5.75 Å². The van der Waals surface area contributed by atoms with E-state index in [1.54, 1.807) is 24.3 Å². The van der Waals surface area contributed by atoms with Gasteiger partial charge in [0.15, 0.2) is 6.61 Å². The maximum atomic E-state index is 12.5. The Hall–Kier alpha value is -2.51. The molecule has 0 N–H and O–H groups in total. The molecule has 0 aliphatic heterocycles. The van der Waals surface area contributed by atoms with E-state index in [9.17, 15) is 22.8 Å². The van der Waals surface area contributed by atoms with E-state index in [0.29, 0.717) is 24.5 Å². The monoisotopic (exact) mass is 486 g/mol. The molecule has 0 fully saturated rings. The third-order valence-electron chi connectivity index (χ3n) is 6.05. The lowest BCUT2D eigenvalue weighted by Gasteiger charge is -2.35. The largest absolute Gasteiger partial charge is 0.494 e. The number of carbonyl (C=O) groups is 2. The zero-order valence-corrected chi connectivity index (χ0v) is 20.7. The summed E-state index contributed by atoms with van der Waals surface area (Å²) in [5.74, 6) is -0.102. The van der Waals surface area contributed by atoms with Crippen molar-refractivity contribution in [2.24, 2.45) is 17.3 Å². The van der Waals surface area contributed by atoms with Gasteiger partial charge in [-0.05, 0) is 68.2 Å². The molecule has 0 spiro atoms. The average Bonchev–Trinajstić information content (AvgIpc) is 2.77. The Morgan fingerprint density at radius 2 is 1.44 bits per heavy atom. The zero-order chi connectivity index (χ0) is 25.8. The second kappa shape index (κ2) is 14.0. The lowest BCUT2D eigenvalue weighted by molar-refractivity contribution is -0.182. The standard InChI is InChI=1S/C26H37F3O5/c1-19(2)25(5,20(3)4)24(31)33-17-9-7-6-8-16-32-22-13-10-21(11-14-22)12-15-23(30)34-18-26(27,28)29/h10-15,19-20H,6-9,16-18H2,1-5H3/b15-12+. The molecular weight excluding hydrogens is 449 g/mol. The summed E-state index contributed by atoms with van der Waals surface area (Å²) in [6.45, 7) is 9.51. The fraction of sp³-hybridized carbons (Fsp3) is 0.615. The number of esters is 2. The highest BCUT2D eigenvalue weighted by molar-refractivity contribution is 5.87. The summed E-state index contributed by atoms with van der Waals surface area (Å²) >= 11 is 0. The molecule has 1 aromatic rings. The Balaban J connectivity index is 2.22. The molecule has 0 bridgehead atoms. The van der Waals surface area contributed by atoms with E-state index >= 15 is 0 Å². The summed E-state index contributed by atoms with van der Waals surface area (Å²) in [6, 6.07) is 6.83. The van der Waals surface area contributed by atoms with Crippen molar-refractivity contribution < 1.29 is 37.0 Å². The molecule has 0 aromatic heterocycles. The quantitative estimate of drug-likeness (QED) is 0.168. The molecule has 0 amide bonds. The van der Waals surface area contributed by atoms with E-state index in [2.05, 4.69) is 4.74 Å². The van der Waals surface area contributed by atoms with E-state index in [4.69, 9.17) is 9.47 Å². The number of carbonyl (C=O) groups excluding carboxylic acids is 2. The SMILES string of the molecule is CC(C)C(C)(C(=O)OCCCCCCOc1ccc(/C=C/C(=O)OCC(F)(F)F)cc1)C(C)C. The molecule has 1 aromatic carbocycles. The molecule has 0 saturated carbocycles. The van der Waals surface area contributed by atoms with Crippen molar-refractivity contribution >= 4 is 18.0 Å². The number of ether oxygens (including phenoxy) is 3. The van der Waals surface area contributed by atoms with Gasteiger partial charge in [-0.25, -0.2) is 4.79 Å². The van der Waals surface area contributed by atoms with Gasteiger partial charge in [-0.1, -0.05) is 39.8 Å². The van der Waals surface area contributed by atoms with Crippen LogP contribution in [0.1, 0.15) is 65.9 Å². The smallest absolute Gasteiger partial charge is 0.422 e. The normalized spacial score (nSPS) is 12.4. The first kappa shape index (κ1) is 29.5. The summed E-state index contributed by atoms with van der Waals surface area (Å²) in [5.41, 5.74) is 0.159. The Morgan fingerprint density at radius 3 is 1.97 bits per heavy atom. The van der Waals surface area contributed by atoms with Gasteiger partial charge in [0.1, 0.15) is 5.75 Å². The highest BCUT2D eigenvalue weighted by atomic mass is 19.4. The summed E-state index contributed by atoms with van der Waals surface area (Å²) in [6.07, 6.45) is 1.33. The van der Waals surface area contributed by atoms with Crippen LogP contribution in [0.3, 0.4) is 0 Å². The van der Waals surface area contributed by atoms with E-state index in [1.165, 1.54) is 6.08 Å². The number of rotatable bonds is 14. The van der Waals surface area contributed by atoms with Gasteiger partial charge in [-0.2, -0.15) is 13.2 Å². The first-order valence-electron chi connectivity index (χ1n) is 11.7. The first-order chi connectivity index (χ1) is 15.9. The van der Waals surface area contributed by atoms with Crippen molar-refractivity contribution in [2.75, 3.05) is 19.8 Å². The van der Waals surface area contributed by atoms with E-state index in [-0.39, 0.29) is 17.8 Å². The van der Waals surface area contributed by atoms with Crippen LogP contribution in [0.5, 0.6) is 5.75 Å². The molecule has 1 rings (SSSR count). The Morgan fingerprint density at radius 1 is 0.882 bits per heavy atom. The van der Waals surface area contributed by atoms with E-state index in [0.717, 1.165) is 31.8 Å². The topological polar surface area (TPSA) is 61.8 Å². The van der Waals surface area contributed by atoms with E-state index < -0.39 is 24.2 Å². The van der Waals surface area contributed by atoms with Gasteiger partial charge >= 0.3 is 18.1 Å². The van der Waals surface area contributed by atoms with Crippen molar-refractivity contribution in [3.63, 3.8) is 0 Å². The molecule has 0 atom stereocenters. The van der Waals surface area contributed by atoms with Gasteiger partial charge < -0.3 is 14.2 Å². The molecule has 192 valence electrons. The van der Waals surface area contributed by atoms with E-state index in [1.807, 2.05) is 34.6 Å². The van der Waals surface area contributed by atoms with Gasteiger partial charge in [0, 0.05) is 6.08 Å². The highest BCUT2D eigenvalue weighted by Crippen LogP contribution is 2.36.